The van der Waals surface area contributed by atoms with Crippen LogP contribution in [-0.4, -0.2) is 4.98 Å². The van der Waals surface area contributed by atoms with E-state index in [0.717, 1.165) is 0 Å². The average Bonchev–Trinajstić information content (AvgIpc) is 1.88. The fourth-order valence-electron chi connectivity index (χ4n) is 0.474. The monoisotopic (exact) mass is 172 g/mol. The first-order valence-corrected chi connectivity index (χ1v) is 2.36. The minimum Gasteiger partial charge on any atom is -0.435 e. The number of nitriles is 1. The molecule has 0 bridgehead atoms. The molecule has 1 heterocycles. The molecule has 0 aromatic carbocycles. The molecule has 52 valence electrons. The third-order valence-electron chi connectivity index (χ3n) is 0.846. The van der Waals surface area contributed by atoms with Crippen LogP contribution in [0.5, 0.6) is 0 Å². The number of rotatable bonds is 0. The Kier molecular flexibility index (Phi) is 8.40. The Hall–Kier alpha value is 0.0764. The molecule has 3 nitrogen and oxygen atoms in total. The fourth-order valence-corrected chi connectivity index (χ4v) is 0.474. The molecule has 1 aromatic heterocycles. The van der Waals surface area contributed by atoms with Crippen LogP contribution in [0.25, 0.3) is 0 Å². The van der Waals surface area contributed by atoms with E-state index in [1.165, 1.54) is 12.1 Å². The van der Waals surface area contributed by atoms with Gasteiger partial charge < -0.3 is 18.1 Å². The maximum absolute atomic E-state index is 8.31. The van der Waals surface area contributed by atoms with Crippen LogP contribution >= 0.6 is 0 Å². The quantitative estimate of drug-likeness (QED) is 0.356. The Balaban J connectivity index is 0. The van der Waals surface area contributed by atoms with E-state index >= 15 is 0 Å². The van der Waals surface area contributed by atoms with Crippen LogP contribution in [0.3, 0.4) is 0 Å². The third-order valence-corrected chi connectivity index (χ3v) is 0.846. The zero-order valence-electron chi connectivity index (χ0n) is 6.63. The molecule has 2 N–H and O–H groups in total. The molecule has 0 spiro atoms. The van der Waals surface area contributed by atoms with Crippen LogP contribution in [0.4, 0.5) is 5.82 Å². The molecule has 1 aromatic rings. The summed E-state index contributed by atoms with van der Waals surface area (Å²) in [5.74, 6) is 0.328. The van der Waals surface area contributed by atoms with E-state index in [9.17, 15) is 0 Å². The van der Waals surface area contributed by atoms with Gasteiger partial charge in [0.15, 0.2) is 0 Å². The Morgan fingerprint density at radius 3 is 2.64 bits per heavy atom. The van der Waals surface area contributed by atoms with Gasteiger partial charge in [-0.05, 0) is 0 Å². The number of nitrogens with two attached hydrogens (primary N) is 1. The first-order valence-electron chi connectivity index (χ1n) is 2.36. The molecule has 0 unspecified atom stereocenters. The predicted molar refractivity (Wildman–Crippen MR) is 38.6 cm³/mol. The number of nitrogen functional groups attached to an aromatic ring is 1. The minimum absolute atomic E-state index is 0. The van der Waals surface area contributed by atoms with E-state index in [4.69, 9.17) is 11.0 Å². The first kappa shape index (κ1) is 13.7. The van der Waals surface area contributed by atoms with Gasteiger partial charge in [-0.25, -0.2) is 5.26 Å². The molecule has 0 aliphatic heterocycles. The summed E-state index contributed by atoms with van der Waals surface area (Å²) in [5.41, 5.74) is 5.73. The van der Waals surface area contributed by atoms with Gasteiger partial charge in [0.05, 0.1) is 0 Å². The number of aromatic nitrogens is 1. The van der Waals surface area contributed by atoms with Crippen LogP contribution in [-0.2, 0) is 0 Å². The maximum atomic E-state index is 8.31. The van der Waals surface area contributed by atoms with Crippen molar-refractivity contribution < 1.29 is 51.4 Å². The average molecular weight is 172 g/mol. The van der Waals surface area contributed by atoms with Crippen molar-refractivity contribution in [3.05, 3.63) is 31.3 Å². The predicted octanol–water partition coefficient (Wildman–Crippen LogP) is -2.21. The zero-order valence-corrected chi connectivity index (χ0v) is 9.75. The van der Waals surface area contributed by atoms with Gasteiger partial charge in [0, 0.05) is 11.9 Å². The molecule has 0 fully saturated rings. The molecule has 0 aliphatic rings. The van der Waals surface area contributed by atoms with Crippen LogP contribution in [0, 0.1) is 25.0 Å². The molecule has 11 heavy (non-hydrogen) atoms. The Morgan fingerprint density at radius 1 is 1.64 bits per heavy atom. The molecule has 0 saturated carbocycles. The SMILES string of the molecule is N#Cc1c[c-]nc(N)c1.[CH3-].[K+]. The topological polar surface area (TPSA) is 62.7 Å². The summed E-state index contributed by atoms with van der Waals surface area (Å²) < 4.78 is 0. The number of nitrogens with zero attached hydrogens (tertiary/aromatic N) is 2. The third kappa shape index (κ3) is 4.51. The maximum Gasteiger partial charge on any atom is 1.00 e. The van der Waals surface area contributed by atoms with E-state index in [1.54, 1.807) is 0 Å². The second-order valence-corrected chi connectivity index (χ2v) is 1.52. The van der Waals surface area contributed by atoms with E-state index in [1.807, 2.05) is 6.07 Å². The van der Waals surface area contributed by atoms with E-state index in [2.05, 4.69) is 11.2 Å². The summed E-state index contributed by atoms with van der Waals surface area (Å²) in [6, 6.07) is 4.90. The van der Waals surface area contributed by atoms with E-state index < -0.39 is 0 Å². The molecule has 1 rings (SSSR count). The zero-order chi connectivity index (χ0) is 6.69. The van der Waals surface area contributed by atoms with E-state index in [-0.39, 0.29) is 58.8 Å². The van der Waals surface area contributed by atoms with Crippen molar-refractivity contribution in [1.82, 2.24) is 4.98 Å². The van der Waals surface area contributed by atoms with Gasteiger partial charge in [-0.2, -0.15) is 0 Å². The van der Waals surface area contributed by atoms with Crippen molar-refractivity contribution in [1.29, 1.82) is 5.26 Å². The van der Waals surface area contributed by atoms with Gasteiger partial charge in [0.2, 0.25) is 0 Å². The van der Waals surface area contributed by atoms with Crippen LogP contribution < -0.4 is 57.1 Å². The first-order chi connectivity index (χ1) is 4.33. The molecule has 0 atom stereocenters. The van der Waals surface area contributed by atoms with Gasteiger partial charge in [-0.1, -0.05) is 11.8 Å². The van der Waals surface area contributed by atoms with Crippen molar-refractivity contribution in [2.45, 2.75) is 0 Å². The largest absolute Gasteiger partial charge is 1.00 e. The van der Waals surface area contributed by atoms with Crippen molar-refractivity contribution in [2.75, 3.05) is 5.73 Å². The fraction of sp³-hybridized carbons (Fsp3) is 0. The van der Waals surface area contributed by atoms with Crippen LogP contribution in [0.2, 0.25) is 0 Å². The van der Waals surface area contributed by atoms with Gasteiger partial charge in [0.1, 0.15) is 0 Å². The minimum atomic E-state index is 0. The number of hydrogen-bond acceptors (Lipinski definition) is 3. The molecule has 0 aliphatic carbocycles. The van der Waals surface area contributed by atoms with Crippen molar-refractivity contribution in [3.63, 3.8) is 0 Å². The summed E-state index contributed by atoms with van der Waals surface area (Å²) in [6.45, 7) is 0. The van der Waals surface area contributed by atoms with Crippen LogP contribution in [0.15, 0.2) is 12.1 Å². The number of anilines is 1. The summed E-state index contributed by atoms with van der Waals surface area (Å²) >= 11 is 0. The molecule has 4 heteroatoms. The smallest absolute Gasteiger partial charge is 0.435 e. The van der Waals surface area contributed by atoms with Crippen molar-refractivity contribution in [3.8, 4) is 6.07 Å². The Labute approximate surface area is 109 Å². The molecular formula is C7H7KN3-. The molecule has 0 saturated heterocycles. The summed E-state index contributed by atoms with van der Waals surface area (Å²) in [4.78, 5) is 3.59. The van der Waals surface area contributed by atoms with Gasteiger partial charge in [-0.3, -0.25) is 0 Å². The summed E-state index contributed by atoms with van der Waals surface area (Å²) in [6.07, 6.45) is 2.48. The second kappa shape index (κ2) is 6.77. The Bertz CT molecular complexity index is 254. The second-order valence-electron chi connectivity index (χ2n) is 1.52. The van der Waals surface area contributed by atoms with Crippen molar-refractivity contribution >= 4 is 5.82 Å². The summed E-state index contributed by atoms with van der Waals surface area (Å²) in [7, 11) is 0. The Morgan fingerprint density at radius 2 is 2.27 bits per heavy atom. The van der Waals surface area contributed by atoms with Crippen molar-refractivity contribution in [2.24, 2.45) is 0 Å². The van der Waals surface area contributed by atoms with E-state index in [0.29, 0.717) is 11.4 Å². The normalized spacial score (nSPS) is 6.82. The van der Waals surface area contributed by atoms with Gasteiger partial charge in [0.25, 0.3) is 0 Å². The molecule has 0 radical (unpaired) electrons. The summed E-state index contributed by atoms with van der Waals surface area (Å²) in [5, 5.41) is 8.31. The number of hydrogen-bond donors (Lipinski definition) is 1. The standard InChI is InChI=1S/C6H4N3.CH3.K/c7-4-5-1-2-9-6(8)3-5;;/h1,3H,(H2,8,9);1H3;/q2*-1;+1. The molecular weight excluding hydrogens is 165 g/mol. The van der Waals surface area contributed by atoms with Gasteiger partial charge in [-0.15, -0.1) is 12.1 Å². The number of pyridine rings is 1. The van der Waals surface area contributed by atoms with Crippen LogP contribution in [0.1, 0.15) is 5.56 Å². The van der Waals surface area contributed by atoms with Gasteiger partial charge >= 0.3 is 51.4 Å². The molecule has 0 amide bonds.